The van der Waals surface area contributed by atoms with Gasteiger partial charge >= 0.3 is 11.9 Å². The SMILES string of the molecule is C=CC(=O)C(C)(O)COC(=O)C1CCCC(C(=O)O)C1. The lowest BCUT2D eigenvalue weighted by atomic mass is 9.81. The number of ether oxygens (including phenoxy) is 1. The summed E-state index contributed by atoms with van der Waals surface area (Å²) >= 11 is 0. The monoisotopic (exact) mass is 284 g/mol. The summed E-state index contributed by atoms with van der Waals surface area (Å²) < 4.78 is 4.95. The minimum absolute atomic E-state index is 0.242. The molecule has 2 N–H and O–H groups in total. The maximum atomic E-state index is 11.9. The van der Waals surface area contributed by atoms with Crippen molar-refractivity contribution in [3.8, 4) is 0 Å². The zero-order valence-corrected chi connectivity index (χ0v) is 11.5. The smallest absolute Gasteiger partial charge is 0.309 e. The Morgan fingerprint density at radius 2 is 1.95 bits per heavy atom. The zero-order valence-electron chi connectivity index (χ0n) is 11.5. The Labute approximate surface area is 117 Å². The number of rotatable bonds is 6. The predicted octanol–water partition coefficient (Wildman–Crippen LogP) is 0.927. The quantitative estimate of drug-likeness (QED) is 0.556. The Balaban J connectivity index is 2.52. The molecule has 1 saturated carbocycles. The fourth-order valence-corrected chi connectivity index (χ4v) is 2.25. The van der Waals surface area contributed by atoms with Gasteiger partial charge in [-0.05, 0) is 32.3 Å². The molecular weight excluding hydrogens is 264 g/mol. The van der Waals surface area contributed by atoms with E-state index < -0.39 is 41.8 Å². The topological polar surface area (TPSA) is 101 Å². The summed E-state index contributed by atoms with van der Waals surface area (Å²) in [6.07, 6.45) is 2.99. The molecule has 3 atom stereocenters. The standard InChI is InChI=1S/C14H20O6/c1-3-11(15)14(2,19)8-20-13(18)10-6-4-5-9(7-10)12(16)17/h3,9-10,19H,1,4-8H2,2H3,(H,16,17). The highest BCUT2D eigenvalue weighted by atomic mass is 16.5. The van der Waals surface area contributed by atoms with Crippen LogP contribution in [-0.4, -0.2) is 40.1 Å². The number of hydrogen-bond donors (Lipinski definition) is 2. The van der Waals surface area contributed by atoms with Crippen LogP contribution in [-0.2, 0) is 19.1 Å². The van der Waals surface area contributed by atoms with E-state index in [0.29, 0.717) is 19.3 Å². The van der Waals surface area contributed by atoms with Crippen molar-refractivity contribution in [2.24, 2.45) is 11.8 Å². The molecule has 0 aliphatic heterocycles. The van der Waals surface area contributed by atoms with Gasteiger partial charge in [0.1, 0.15) is 6.61 Å². The highest BCUT2D eigenvalue weighted by molar-refractivity contribution is 5.96. The van der Waals surface area contributed by atoms with Crippen molar-refractivity contribution in [2.75, 3.05) is 6.61 Å². The summed E-state index contributed by atoms with van der Waals surface area (Å²) in [6, 6.07) is 0. The van der Waals surface area contributed by atoms with Crippen molar-refractivity contribution in [3.63, 3.8) is 0 Å². The number of aliphatic hydroxyl groups is 1. The Morgan fingerprint density at radius 1 is 1.35 bits per heavy atom. The van der Waals surface area contributed by atoms with E-state index in [1.165, 1.54) is 6.92 Å². The molecule has 1 aliphatic carbocycles. The summed E-state index contributed by atoms with van der Waals surface area (Å²) in [4.78, 5) is 34.1. The van der Waals surface area contributed by atoms with Crippen molar-refractivity contribution in [2.45, 2.75) is 38.2 Å². The molecule has 1 fully saturated rings. The van der Waals surface area contributed by atoms with Crippen LogP contribution in [0.5, 0.6) is 0 Å². The fourth-order valence-electron chi connectivity index (χ4n) is 2.25. The molecule has 0 bridgehead atoms. The highest BCUT2D eigenvalue weighted by Gasteiger charge is 2.34. The number of hydrogen-bond acceptors (Lipinski definition) is 5. The molecule has 6 heteroatoms. The van der Waals surface area contributed by atoms with Gasteiger partial charge in [0.25, 0.3) is 0 Å². The molecule has 20 heavy (non-hydrogen) atoms. The van der Waals surface area contributed by atoms with Crippen LogP contribution in [0, 0.1) is 11.8 Å². The Bertz CT molecular complexity index is 412. The predicted molar refractivity (Wildman–Crippen MR) is 69.9 cm³/mol. The molecule has 3 unspecified atom stereocenters. The number of carbonyl (C=O) groups excluding carboxylic acids is 2. The molecule has 6 nitrogen and oxygen atoms in total. The molecule has 0 aromatic heterocycles. The van der Waals surface area contributed by atoms with Crippen molar-refractivity contribution < 1.29 is 29.3 Å². The molecule has 0 spiro atoms. The van der Waals surface area contributed by atoms with Crippen LogP contribution in [0.1, 0.15) is 32.6 Å². The van der Waals surface area contributed by atoms with Gasteiger partial charge in [-0.15, -0.1) is 0 Å². The van der Waals surface area contributed by atoms with Crippen LogP contribution in [0.3, 0.4) is 0 Å². The normalized spacial score (nSPS) is 25.3. The number of carboxylic acid groups (broad SMARTS) is 1. The number of ketones is 1. The molecule has 112 valence electrons. The van der Waals surface area contributed by atoms with E-state index >= 15 is 0 Å². The van der Waals surface area contributed by atoms with Crippen molar-refractivity contribution in [1.82, 2.24) is 0 Å². The largest absolute Gasteiger partial charge is 0.481 e. The van der Waals surface area contributed by atoms with E-state index in [1.54, 1.807) is 0 Å². The van der Waals surface area contributed by atoms with Crippen molar-refractivity contribution in [3.05, 3.63) is 12.7 Å². The lowest BCUT2D eigenvalue weighted by molar-refractivity contribution is -0.160. The number of carbonyl (C=O) groups is 3. The van der Waals surface area contributed by atoms with Gasteiger partial charge in [-0.3, -0.25) is 14.4 Å². The molecule has 1 aliphatic rings. The van der Waals surface area contributed by atoms with Gasteiger partial charge in [-0.1, -0.05) is 13.0 Å². The Kier molecular flexibility index (Phi) is 5.44. The molecule has 0 amide bonds. The van der Waals surface area contributed by atoms with Crippen molar-refractivity contribution >= 4 is 17.7 Å². The maximum absolute atomic E-state index is 11.9. The van der Waals surface area contributed by atoms with Gasteiger partial charge in [-0.2, -0.15) is 0 Å². The second-order valence-electron chi connectivity index (χ2n) is 5.35. The fraction of sp³-hybridized carbons (Fsp3) is 0.643. The molecule has 0 saturated heterocycles. The average molecular weight is 284 g/mol. The average Bonchev–Trinajstić information content (AvgIpc) is 2.43. The van der Waals surface area contributed by atoms with E-state index in [0.717, 1.165) is 6.08 Å². The second-order valence-corrected chi connectivity index (χ2v) is 5.35. The molecule has 0 radical (unpaired) electrons. The van der Waals surface area contributed by atoms with Crippen LogP contribution in [0.15, 0.2) is 12.7 Å². The van der Waals surface area contributed by atoms with Gasteiger partial charge in [0.05, 0.1) is 11.8 Å². The number of esters is 1. The maximum Gasteiger partial charge on any atom is 0.309 e. The summed E-state index contributed by atoms with van der Waals surface area (Å²) in [7, 11) is 0. The molecule has 1 rings (SSSR count). The first-order valence-electron chi connectivity index (χ1n) is 6.56. The van der Waals surface area contributed by atoms with Crippen LogP contribution in [0.2, 0.25) is 0 Å². The van der Waals surface area contributed by atoms with Gasteiger partial charge < -0.3 is 14.9 Å². The third kappa shape index (κ3) is 4.16. The number of aliphatic carboxylic acids is 1. The highest BCUT2D eigenvalue weighted by Crippen LogP contribution is 2.30. The minimum Gasteiger partial charge on any atom is -0.481 e. The molecule has 0 aromatic carbocycles. The second kappa shape index (κ2) is 6.65. The van der Waals surface area contributed by atoms with Crippen LogP contribution < -0.4 is 0 Å². The molecule has 0 heterocycles. The summed E-state index contributed by atoms with van der Waals surface area (Å²) in [5, 5.41) is 18.7. The van der Waals surface area contributed by atoms with E-state index in [9.17, 15) is 19.5 Å². The third-order valence-electron chi connectivity index (χ3n) is 3.57. The van der Waals surface area contributed by atoms with Gasteiger partial charge in [0, 0.05) is 0 Å². The lowest BCUT2D eigenvalue weighted by Gasteiger charge is -2.26. The lowest BCUT2D eigenvalue weighted by Crippen LogP contribution is -2.41. The number of carboxylic acids is 1. The third-order valence-corrected chi connectivity index (χ3v) is 3.57. The van der Waals surface area contributed by atoms with E-state index in [4.69, 9.17) is 9.84 Å². The summed E-state index contributed by atoms with van der Waals surface area (Å²) in [5.74, 6) is -3.11. The van der Waals surface area contributed by atoms with Gasteiger partial charge in [-0.25, -0.2) is 0 Å². The first-order chi connectivity index (χ1) is 9.27. The summed E-state index contributed by atoms with van der Waals surface area (Å²) in [6.45, 7) is 4.05. The zero-order chi connectivity index (χ0) is 15.3. The van der Waals surface area contributed by atoms with Crippen LogP contribution >= 0.6 is 0 Å². The first-order valence-corrected chi connectivity index (χ1v) is 6.56. The summed E-state index contributed by atoms with van der Waals surface area (Å²) in [5.41, 5.74) is -1.79. The van der Waals surface area contributed by atoms with E-state index in [1.807, 2.05) is 0 Å². The van der Waals surface area contributed by atoms with Crippen molar-refractivity contribution in [1.29, 1.82) is 0 Å². The van der Waals surface area contributed by atoms with E-state index in [2.05, 4.69) is 6.58 Å². The minimum atomic E-state index is -1.79. The molecular formula is C14H20O6. The van der Waals surface area contributed by atoms with Crippen LogP contribution in [0.25, 0.3) is 0 Å². The van der Waals surface area contributed by atoms with E-state index in [-0.39, 0.29) is 6.42 Å². The van der Waals surface area contributed by atoms with Crippen LogP contribution in [0.4, 0.5) is 0 Å². The van der Waals surface area contributed by atoms with Gasteiger partial charge in [0.2, 0.25) is 0 Å². The Morgan fingerprint density at radius 3 is 2.50 bits per heavy atom. The first kappa shape index (κ1) is 16.4. The molecule has 0 aromatic rings. The van der Waals surface area contributed by atoms with Gasteiger partial charge in [0.15, 0.2) is 11.4 Å². The Hall–Kier alpha value is -1.69.